The zero-order chi connectivity index (χ0) is 14.0. The highest BCUT2D eigenvalue weighted by molar-refractivity contribution is 5.94. The van der Waals surface area contributed by atoms with Gasteiger partial charge in [-0.25, -0.2) is 14.4 Å². The van der Waals surface area contributed by atoms with Gasteiger partial charge in [0.25, 0.3) is 5.91 Å². The maximum absolute atomic E-state index is 13.3. The van der Waals surface area contributed by atoms with Gasteiger partial charge in [-0.15, -0.1) is 0 Å². The van der Waals surface area contributed by atoms with Crippen molar-refractivity contribution in [1.29, 1.82) is 0 Å². The molecule has 0 unspecified atom stereocenters. The first-order valence-electron chi connectivity index (χ1n) is 5.50. The van der Waals surface area contributed by atoms with E-state index in [0.29, 0.717) is 17.3 Å². The van der Waals surface area contributed by atoms with Crippen LogP contribution in [-0.4, -0.2) is 15.9 Å². The Morgan fingerprint density at radius 1 is 1.42 bits per heavy atom. The van der Waals surface area contributed by atoms with Gasteiger partial charge in [-0.05, 0) is 19.9 Å². The van der Waals surface area contributed by atoms with Gasteiger partial charge in [0.2, 0.25) is 11.8 Å². The first kappa shape index (κ1) is 13.1. The molecule has 0 saturated heterocycles. The molecule has 1 amide bonds. The van der Waals surface area contributed by atoms with Gasteiger partial charge in [0.05, 0.1) is 17.8 Å². The van der Waals surface area contributed by atoms with E-state index in [0.717, 1.165) is 12.3 Å². The Labute approximate surface area is 107 Å². The lowest BCUT2D eigenvalue weighted by Crippen LogP contribution is -2.24. The summed E-state index contributed by atoms with van der Waals surface area (Å²) in [5.41, 5.74) is 0.304. The van der Waals surface area contributed by atoms with Crippen molar-refractivity contribution in [1.82, 2.24) is 15.3 Å². The first-order chi connectivity index (χ1) is 8.99. The minimum Gasteiger partial charge on any atom is -0.444 e. The maximum atomic E-state index is 13.3. The third-order valence-electron chi connectivity index (χ3n) is 2.56. The number of carbonyl (C=O) groups is 1. The lowest BCUT2D eigenvalue weighted by Gasteiger charge is -2.03. The second kappa shape index (κ2) is 5.13. The van der Waals surface area contributed by atoms with Gasteiger partial charge in [-0.2, -0.15) is 4.39 Å². The zero-order valence-electron chi connectivity index (χ0n) is 10.3. The van der Waals surface area contributed by atoms with Gasteiger partial charge in [-0.3, -0.25) is 4.79 Å². The normalized spacial score (nSPS) is 10.5. The molecule has 0 spiro atoms. The van der Waals surface area contributed by atoms with E-state index in [1.165, 1.54) is 0 Å². The van der Waals surface area contributed by atoms with Crippen LogP contribution in [0, 0.1) is 25.6 Å². The molecule has 0 aliphatic carbocycles. The summed E-state index contributed by atoms with van der Waals surface area (Å²) in [6.07, 6.45) is 1.02. The largest absolute Gasteiger partial charge is 0.444 e. The van der Waals surface area contributed by atoms with Crippen molar-refractivity contribution in [2.75, 3.05) is 0 Å². The maximum Gasteiger partial charge on any atom is 0.254 e. The number of carbonyl (C=O) groups excluding carboxylic acids is 1. The molecule has 2 aromatic rings. The summed E-state index contributed by atoms with van der Waals surface area (Å²) in [7, 11) is 0. The summed E-state index contributed by atoms with van der Waals surface area (Å²) >= 11 is 0. The zero-order valence-corrected chi connectivity index (χ0v) is 10.3. The van der Waals surface area contributed by atoms with Crippen LogP contribution in [0.3, 0.4) is 0 Å². The number of nitrogens with zero attached hydrogens (tertiary/aromatic N) is 2. The fraction of sp³-hybridized carbons (Fsp3) is 0.250. The molecule has 1 N–H and O–H groups in total. The monoisotopic (exact) mass is 267 g/mol. The second-order valence-corrected chi connectivity index (χ2v) is 3.90. The van der Waals surface area contributed by atoms with E-state index >= 15 is 0 Å². The Morgan fingerprint density at radius 2 is 2.16 bits per heavy atom. The Hall–Kier alpha value is -2.31. The van der Waals surface area contributed by atoms with Crippen LogP contribution >= 0.6 is 0 Å². The van der Waals surface area contributed by atoms with Crippen molar-refractivity contribution >= 4 is 5.91 Å². The summed E-state index contributed by atoms with van der Waals surface area (Å²) in [6.45, 7) is 3.50. The Bertz CT molecular complexity index is 606. The summed E-state index contributed by atoms with van der Waals surface area (Å²) in [4.78, 5) is 18.8. The van der Waals surface area contributed by atoms with Crippen molar-refractivity contribution in [3.8, 4) is 0 Å². The van der Waals surface area contributed by atoms with E-state index < -0.39 is 23.2 Å². The third-order valence-corrected chi connectivity index (χ3v) is 2.56. The van der Waals surface area contributed by atoms with Crippen molar-refractivity contribution in [3.63, 3.8) is 0 Å². The Kier molecular flexibility index (Phi) is 3.55. The van der Waals surface area contributed by atoms with Crippen LogP contribution in [0.2, 0.25) is 0 Å². The molecule has 5 nitrogen and oxygen atoms in total. The molecule has 0 atom stereocenters. The molecule has 0 fully saturated rings. The highest BCUT2D eigenvalue weighted by Crippen LogP contribution is 2.10. The molecule has 0 bridgehead atoms. The number of hydrogen-bond acceptors (Lipinski definition) is 4. The Balaban J connectivity index is 2.07. The van der Waals surface area contributed by atoms with Crippen LogP contribution < -0.4 is 5.32 Å². The predicted octanol–water partition coefficient (Wildman–Crippen LogP) is 1.89. The molecule has 19 heavy (non-hydrogen) atoms. The summed E-state index contributed by atoms with van der Waals surface area (Å²) in [5.74, 6) is -2.40. The number of aromatic nitrogens is 2. The number of halogens is 2. The van der Waals surface area contributed by atoms with E-state index in [-0.39, 0.29) is 6.54 Å². The third kappa shape index (κ3) is 2.75. The number of oxazole rings is 1. The van der Waals surface area contributed by atoms with Gasteiger partial charge in [0, 0.05) is 6.20 Å². The van der Waals surface area contributed by atoms with Crippen LogP contribution in [0.1, 0.15) is 27.7 Å². The molecule has 100 valence electrons. The first-order valence-corrected chi connectivity index (χ1v) is 5.50. The highest BCUT2D eigenvalue weighted by atomic mass is 19.2. The van der Waals surface area contributed by atoms with Crippen molar-refractivity contribution in [3.05, 3.63) is 46.9 Å². The van der Waals surface area contributed by atoms with Crippen LogP contribution in [-0.2, 0) is 6.54 Å². The molecule has 0 aliphatic heterocycles. The van der Waals surface area contributed by atoms with Gasteiger partial charge >= 0.3 is 0 Å². The summed E-state index contributed by atoms with van der Waals surface area (Å²) in [5, 5.41) is 2.39. The van der Waals surface area contributed by atoms with Gasteiger partial charge in [0.15, 0.2) is 5.82 Å². The summed E-state index contributed by atoms with van der Waals surface area (Å²) in [6, 6.07) is 1.10. The number of rotatable bonds is 3. The SMILES string of the molecule is Cc1nc(CNC(=O)c2ccnc(F)c2F)oc1C. The quantitative estimate of drug-likeness (QED) is 0.862. The van der Waals surface area contributed by atoms with E-state index in [2.05, 4.69) is 15.3 Å². The van der Waals surface area contributed by atoms with E-state index in [4.69, 9.17) is 4.42 Å². The summed E-state index contributed by atoms with van der Waals surface area (Å²) < 4.78 is 31.4. The minimum atomic E-state index is -1.31. The molecule has 2 heterocycles. The lowest BCUT2D eigenvalue weighted by atomic mass is 10.2. The molecule has 0 aliphatic rings. The molecule has 7 heteroatoms. The molecule has 0 aromatic carbocycles. The van der Waals surface area contributed by atoms with Gasteiger partial charge < -0.3 is 9.73 Å². The van der Waals surface area contributed by atoms with E-state index in [9.17, 15) is 13.6 Å². The minimum absolute atomic E-state index is 0.00308. The predicted molar refractivity (Wildman–Crippen MR) is 61.3 cm³/mol. The molecule has 2 rings (SSSR count). The van der Waals surface area contributed by atoms with Crippen molar-refractivity contribution in [2.45, 2.75) is 20.4 Å². The van der Waals surface area contributed by atoms with E-state index in [1.54, 1.807) is 13.8 Å². The van der Waals surface area contributed by atoms with E-state index in [1.807, 2.05) is 0 Å². The number of nitrogens with one attached hydrogen (secondary N) is 1. The smallest absolute Gasteiger partial charge is 0.254 e. The lowest BCUT2D eigenvalue weighted by molar-refractivity contribution is 0.0941. The number of aryl methyl sites for hydroxylation is 2. The van der Waals surface area contributed by atoms with Gasteiger partial charge in [-0.1, -0.05) is 0 Å². The van der Waals surface area contributed by atoms with Crippen molar-refractivity contribution in [2.24, 2.45) is 0 Å². The van der Waals surface area contributed by atoms with Crippen LogP contribution in [0.25, 0.3) is 0 Å². The number of hydrogen-bond donors (Lipinski definition) is 1. The average Bonchev–Trinajstić information content (AvgIpc) is 2.69. The Morgan fingerprint density at radius 3 is 2.79 bits per heavy atom. The molecule has 2 aromatic heterocycles. The standard InChI is InChI=1S/C12H11F2N3O2/c1-6-7(2)19-9(17-6)5-16-12(18)8-3-4-15-11(14)10(8)13/h3-4H,5H2,1-2H3,(H,16,18). The van der Waals surface area contributed by atoms with Gasteiger partial charge in [0.1, 0.15) is 5.76 Å². The van der Waals surface area contributed by atoms with Crippen LogP contribution in [0.5, 0.6) is 0 Å². The molecular formula is C12H11F2N3O2. The topological polar surface area (TPSA) is 68.0 Å². The number of pyridine rings is 1. The van der Waals surface area contributed by atoms with Crippen LogP contribution in [0.4, 0.5) is 8.78 Å². The second-order valence-electron chi connectivity index (χ2n) is 3.90. The molecule has 0 saturated carbocycles. The number of amides is 1. The van der Waals surface area contributed by atoms with Crippen LogP contribution in [0.15, 0.2) is 16.7 Å². The fourth-order valence-corrected chi connectivity index (χ4v) is 1.46. The fourth-order valence-electron chi connectivity index (χ4n) is 1.46. The van der Waals surface area contributed by atoms with Crippen molar-refractivity contribution < 1.29 is 18.0 Å². The molecule has 0 radical (unpaired) electrons. The highest BCUT2D eigenvalue weighted by Gasteiger charge is 2.16. The average molecular weight is 267 g/mol. The molecular weight excluding hydrogens is 256 g/mol.